The third-order valence-electron chi connectivity index (χ3n) is 5.09. The highest BCUT2D eigenvalue weighted by Gasteiger charge is 2.19. The highest BCUT2D eigenvalue weighted by molar-refractivity contribution is 6.32. The molecule has 0 saturated heterocycles. The van der Waals surface area contributed by atoms with Gasteiger partial charge >= 0.3 is 11.9 Å². The maximum absolute atomic E-state index is 11.6. The molecule has 0 fully saturated rings. The first-order chi connectivity index (χ1) is 13.7. The lowest BCUT2D eigenvalue weighted by molar-refractivity contribution is -0.147. The summed E-state index contributed by atoms with van der Waals surface area (Å²) >= 11 is 6.56. The quantitative estimate of drug-likeness (QED) is 0.595. The SMILES string of the molecule is COC(=O)C(C)Oc1cccc(Cn2c(C)c(C)c3cc(C(=O)O)ccc32)c1Cl. The number of carbonyl (C=O) groups is 2. The zero-order valence-corrected chi connectivity index (χ0v) is 17.4. The van der Waals surface area contributed by atoms with Gasteiger partial charge in [-0.2, -0.15) is 0 Å². The fraction of sp³-hybridized carbons (Fsp3) is 0.273. The molecule has 0 aliphatic rings. The van der Waals surface area contributed by atoms with Crippen LogP contribution in [-0.4, -0.2) is 34.8 Å². The van der Waals surface area contributed by atoms with Crippen LogP contribution in [0.4, 0.5) is 0 Å². The van der Waals surface area contributed by atoms with Gasteiger partial charge in [-0.25, -0.2) is 9.59 Å². The summed E-state index contributed by atoms with van der Waals surface area (Å²) in [4.78, 5) is 22.9. The summed E-state index contributed by atoms with van der Waals surface area (Å²) < 4.78 is 12.4. The molecule has 0 amide bonds. The molecule has 29 heavy (non-hydrogen) atoms. The van der Waals surface area contributed by atoms with Crippen LogP contribution in [0.15, 0.2) is 36.4 Å². The Morgan fingerprint density at radius 2 is 1.93 bits per heavy atom. The summed E-state index contributed by atoms with van der Waals surface area (Å²) in [5.74, 6) is -1.03. The average molecular weight is 416 g/mol. The minimum atomic E-state index is -0.954. The lowest BCUT2D eigenvalue weighted by atomic mass is 10.1. The molecule has 1 unspecified atom stereocenters. The van der Waals surface area contributed by atoms with Crippen molar-refractivity contribution in [2.24, 2.45) is 0 Å². The van der Waals surface area contributed by atoms with E-state index < -0.39 is 18.0 Å². The van der Waals surface area contributed by atoms with Crippen LogP contribution in [0.2, 0.25) is 5.02 Å². The third kappa shape index (κ3) is 3.93. The van der Waals surface area contributed by atoms with Crippen molar-refractivity contribution in [1.29, 1.82) is 0 Å². The van der Waals surface area contributed by atoms with E-state index in [0.29, 0.717) is 17.3 Å². The molecular weight excluding hydrogens is 394 g/mol. The lowest BCUT2D eigenvalue weighted by Crippen LogP contribution is -2.25. The number of aromatic nitrogens is 1. The smallest absolute Gasteiger partial charge is 0.346 e. The molecule has 0 radical (unpaired) electrons. The summed E-state index contributed by atoms with van der Waals surface area (Å²) in [7, 11) is 1.30. The van der Waals surface area contributed by atoms with Gasteiger partial charge in [0.2, 0.25) is 0 Å². The molecule has 0 saturated carbocycles. The van der Waals surface area contributed by atoms with Gasteiger partial charge in [0.1, 0.15) is 5.75 Å². The number of methoxy groups -OCH3 is 1. The molecule has 1 N–H and O–H groups in total. The highest BCUT2D eigenvalue weighted by Crippen LogP contribution is 2.32. The van der Waals surface area contributed by atoms with Crippen LogP contribution in [0.25, 0.3) is 10.9 Å². The number of fused-ring (bicyclic) bond motifs is 1. The average Bonchev–Trinajstić information content (AvgIpc) is 2.94. The molecule has 1 atom stereocenters. The summed E-state index contributed by atoms with van der Waals surface area (Å²) in [6.07, 6.45) is -0.779. The number of hydrogen-bond acceptors (Lipinski definition) is 4. The van der Waals surface area contributed by atoms with Gasteiger partial charge < -0.3 is 19.1 Å². The number of esters is 1. The van der Waals surface area contributed by atoms with E-state index in [0.717, 1.165) is 27.7 Å². The Balaban J connectivity index is 1.99. The van der Waals surface area contributed by atoms with Crippen LogP contribution in [0, 0.1) is 13.8 Å². The first-order valence-electron chi connectivity index (χ1n) is 9.09. The number of halogens is 1. The summed E-state index contributed by atoms with van der Waals surface area (Å²) in [5, 5.41) is 10.6. The number of benzene rings is 2. The second-order valence-electron chi connectivity index (χ2n) is 6.85. The fourth-order valence-corrected chi connectivity index (χ4v) is 3.56. The number of aryl methyl sites for hydroxylation is 1. The Morgan fingerprint density at radius 3 is 2.59 bits per heavy atom. The summed E-state index contributed by atoms with van der Waals surface area (Å²) in [6.45, 7) is 6.04. The molecule has 7 heteroatoms. The molecule has 1 aromatic heterocycles. The minimum absolute atomic E-state index is 0.253. The van der Waals surface area contributed by atoms with Crippen molar-refractivity contribution in [2.45, 2.75) is 33.4 Å². The first kappa shape index (κ1) is 20.7. The van der Waals surface area contributed by atoms with Gasteiger partial charge in [0, 0.05) is 23.1 Å². The Labute approximate surface area is 173 Å². The van der Waals surface area contributed by atoms with Crippen molar-refractivity contribution in [2.75, 3.05) is 7.11 Å². The van der Waals surface area contributed by atoms with Crippen LogP contribution in [0.3, 0.4) is 0 Å². The molecule has 0 aliphatic carbocycles. The number of carboxylic acid groups (broad SMARTS) is 1. The zero-order valence-electron chi connectivity index (χ0n) is 16.7. The second kappa shape index (κ2) is 8.17. The Kier molecular flexibility index (Phi) is 5.84. The Bertz CT molecular complexity index is 1100. The van der Waals surface area contributed by atoms with Gasteiger partial charge in [-0.3, -0.25) is 0 Å². The number of aromatic carboxylic acids is 1. The van der Waals surface area contributed by atoms with E-state index in [1.807, 2.05) is 32.0 Å². The monoisotopic (exact) mass is 415 g/mol. The van der Waals surface area contributed by atoms with Crippen molar-refractivity contribution in [1.82, 2.24) is 4.57 Å². The van der Waals surface area contributed by atoms with E-state index in [9.17, 15) is 14.7 Å². The lowest BCUT2D eigenvalue weighted by Gasteiger charge is -2.16. The maximum atomic E-state index is 11.6. The van der Waals surface area contributed by atoms with Crippen molar-refractivity contribution < 1.29 is 24.2 Å². The Morgan fingerprint density at radius 1 is 1.21 bits per heavy atom. The molecule has 152 valence electrons. The maximum Gasteiger partial charge on any atom is 0.346 e. The minimum Gasteiger partial charge on any atom is -0.478 e. The molecule has 6 nitrogen and oxygen atoms in total. The van der Waals surface area contributed by atoms with Crippen LogP contribution >= 0.6 is 11.6 Å². The van der Waals surface area contributed by atoms with Crippen molar-refractivity contribution in [3.63, 3.8) is 0 Å². The summed E-state index contributed by atoms with van der Waals surface area (Å²) in [6, 6.07) is 10.5. The van der Waals surface area contributed by atoms with Gasteiger partial charge in [0.05, 0.1) is 17.7 Å². The van der Waals surface area contributed by atoms with Crippen LogP contribution < -0.4 is 4.74 Å². The predicted octanol–water partition coefficient (Wildman–Crippen LogP) is 4.60. The molecular formula is C22H22ClNO5. The van der Waals surface area contributed by atoms with E-state index in [1.165, 1.54) is 7.11 Å². The number of rotatable bonds is 6. The van der Waals surface area contributed by atoms with Crippen molar-refractivity contribution >= 4 is 34.4 Å². The highest BCUT2D eigenvalue weighted by atomic mass is 35.5. The predicted molar refractivity (Wildman–Crippen MR) is 111 cm³/mol. The van der Waals surface area contributed by atoms with Gasteiger partial charge in [-0.05, 0) is 56.2 Å². The number of hydrogen-bond donors (Lipinski definition) is 1. The number of nitrogens with zero attached hydrogens (tertiary/aromatic N) is 1. The van der Waals surface area contributed by atoms with Gasteiger partial charge in [0.15, 0.2) is 6.10 Å². The summed E-state index contributed by atoms with van der Waals surface area (Å²) in [5.41, 5.74) is 4.04. The van der Waals surface area contributed by atoms with Gasteiger partial charge in [-0.1, -0.05) is 23.7 Å². The second-order valence-corrected chi connectivity index (χ2v) is 7.22. The molecule has 3 rings (SSSR count). The van der Waals surface area contributed by atoms with Crippen molar-refractivity contribution in [3.05, 3.63) is 63.8 Å². The third-order valence-corrected chi connectivity index (χ3v) is 5.52. The largest absolute Gasteiger partial charge is 0.478 e. The number of carboxylic acids is 1. The molecule has 0 aliphatic heterocycles. The van der Waals surface area contributed by atoms with E-state index in [1.54, 1.807) is 25.1 Å². The van der Waals surface area contributed by atoms with E-state index >= 15 is 0 Å². The first-order valence-corrected chi connectivity index (χ1v) is 9.47. The molecule has 0 bridgehead atoms. The molecule has 1 heterocycles. The van der Waals surface area contributed by atoms with E-state index in [2.05, 4.69) is 4.57 Å². The number of ether oxygens (including phenoxy) is 2. The van der Waals surface area contributed by atoms with Crippen LogP contribution in [-0.2, 0) is 16.1 Å². The van der Waals surface area contributed by atoms with Crippen molar-refractivity contribution in [3.8, 4) is 5.75 Å². The molecule has 3 aromatic rings. The standard InChI is InChI=1S/C22H22ClNO5/c1-12-13(2)24(18-9-8-15(21(25)26)10-17(12)18)11-16-6-5-7-19(20(16)23)29-14(3)22(27)28-4/h5-10,14H,11H2,1-4H3,(H,25,26). The zero-order chi connectivity index (χ0) is 21.3. The van der Waals surface area contributed by atoms with Gasteiger partial charge in [0.25, 0.3) is 0 Å². The number of carbonyl (C=O) groups excluding carboxylic acids is 1. The topological polar surface area (TPSA) is 77.8 Å². The van der Waals surface area contributed by atoms with Crippen LogP contribution in [0.1, 0.15) is 34.1 Å². The van der Waals surface area contributed by atoms with Crippen LogP contribution in [0.5, 0.6) is 5.75 Å². The molecule has 0 spiro atoms. The van der Waals surface area contributed by atoms with E-state index in [-0.39, 0.29) is 5.56 Å². The normalized spacial score (nSPS) is 12.0. The molecule has 2 aromatic carbocycles. The Hall–Kier alpha value is -2.99. The van der Waals surface area contributed by atoms with E-state index in [4.69, 9.17) is 21.1 Å². The van der Waals surface area contributed by atoms with Gasteiger partial charge in [-0.15, -0.1) is 0 Å². The fourth-order valence-electron chi connectivity index (χ4n) is 3.33.